The van der Waals surface area contributed by atoms with Gasteiger partial charge in [0, 0.05) is 12.0 Å². The molecule has 1 aromatic carbocycles. The van der Waals surface area contributed by atoms with Gasteiger partial charge in [-0.3, -0.25) is 0 Å². The molecule has 2 rings (SSSR count). The third-order valence-electron chi connectivity index (χ3n) is 2.63. The first-order chi connectivity index (χ1) is 8.74. The van der Waals surface area contributed by atoms with Gasteiger partial charge in [-0.05, 0) is 11.6 Å². The van der Waals surface area contributed by atoms with E-state index in [0.29, 0.717) is 12.3 Å². The van der Waals surface area contributed by atoms with Gasteiger partial charge in [0.2, 0.25) is 5.88 Å². The van der Waals surface area contributed by atoms with E-state index in [0.717, 1.165) is 11.1 Å². The Bertz CT molecular complexity index is 526. The second-order valence-corrected chi connectivity index (χ2v) is 3.85. The lowest BCUT2D eigenvalue weighted by Gasteiger charge is -2.10. The Kier molecular flexibility index (Phi) is 3.67. The highest BCUT2D eigenvalue weighted by molar-refractivity contribution is 5.43. The summed E-state index contributed by atoms with van der Waals surface area (Å²) >= 11 is 0. The van der Waals surface area contributed by atoms with Crippen molar-refractivity contribution in [2.24, 2.45) is 0 Å². The van der Waals surface area contributed by atoms with Gasteiger partial charge in [0.25, 0.3) is 5.88 Å². The van der Waals surface area contributed by atoms with Gasteiger partial charge in [0.15, 0.2) is 5.75 Å². The molecule has 0 unspecified atom stereocenters. The molecular formula is C14H15NO3. The molecule has 0 saturated heterocycles. The quantitative estimate of drug-likeness (QED) is 0.898. The number of hydrogen-bond acceptors (Lipinski definition) is 4. The second-order valence-electron chi connectivity index (χ2n) is 3.85. The van der Waals surface area contributed by atoms with Gasteiger partial charge in [0.1, 0.15) is 0 Å². The van der Waals surface area contributed by atoms with Crippen molar-refractivity contribution >= 4 is 0 Å². The summed E-state index contributed by atoms with van der Waals surface area (Å²) in [5.41, 5.74) is 1.95. The predicted octanol–water partition coefficient (Wildman–Crippen LogP) is 2.40. The molecule has 4 heteroatoms. The number of ether oxygens (including phenoxy) is 2. The van der Waals surface area contributed by atoms with Crippen LogP contribution in [0.25, 0.3) is 0 Å². The summed E-state index contributed by atoms with van der Waals surface area (Å²) in [4.78, 5) is 4.11. The number of benzene rings is 1. The minimum Gasteiger partial charge on any atom is -0.503 e. The van der Waals surface area contributed by atoms with Crippen LogP contribution in [0.2, 0.25) is 0 Å². The number of rotatable bonds is 4. The SMILES string of the molecule is COc1nc(OC)c(Cc2ccccc2)cc1O. The molecule has 4 nitrogen and oxygen atoms in total. The van der Waals surface area contributed by atoms with E-state index in [4.69, 9.17) is 9.47 Å². The summed E-state index contributed by atoms with van der Waals surface area (Å²) < 4.78 is 10.2. The zero-order chi connectivity index (χ0) is 13.0. The molecule has 0 aliphatic heterocycles. The molecule has 0 aliphatic carbocycles. The number of hydrogen-bond donors (Lipinski definition) is 1. The monoisotopic (exact) mass is 245 g/mol. The molecule has 0 bridgehead atoms. The van der Waals surface area contributed by atoms with Gasteiger partial charge in [-0.1, -0.05) is 30.3 Å². The van der Waals surface area contributed by atoms with Gasteiger partial charge in [-0.25, -0.2) is 0 Å². The number of aromatic hydroxyl groups is 1. The third kappa shape index (κ3) is 2.53. The lowest BCUT2D eigenvalue weighted by atomic mass is 10.1. The van der Waals surface area contributed by atoms with Gasteiger partial charge in [-0.2, -0.15) is 4.98 Å². The van der Waals surface area contributed by atoms with E-state index < -0.39 is 0 Å². The van der Waals surface area contributed by atoms with Crippen LogP contribution in [0.3, 0.4) is 0 Å². The van der Waals surface area contributed by atoms with Crippen LogP contribution in [0.15, 0.2) is 36.4 Å². The molecule has 0 radical (unpaired) electrons. The van der Waals surface area contributed by atoms with Gasteiger partial charge in [0.05, 0.1) is 14.2 Å². The van der Waals surface area contributed by atoms with Crippen LogP contribution in [-0.4, -0.2) is 24.3 Å². The summed E-state index contributed by atoms with van der Waals surface area (Å²) in [6, 6.07) is 11.6. The van der Waals surface area contributed by atoms with Crippen molar-refractivity contribution in [3.8, 4) is 17.5 Å². The summed E-state index contributed by atoms with van der Waals surface area (Å²) in [7, 11) is 3.01. The van der Waals surface area contributed by atoms with Crippen molar-refractivity contribution in [3.05, 3.63) is 47.5 Å². The first kappa shape index (κ1) is 12.2. The highest BCUT2D eigenvalue weighted by Crippen LogP contribution is 2.30. The van der Waals surface area contributed by atoms with Crippen molar-refractivity contribution in [2.75, 3.05) is 14.2 Å². The fraction of sp³-hybridized carbons (Fsp3) is 0.214. The summed E-state index contributed by atoms with van der Waals surface area (Å²) in [6.45, 7) is 0. The summed E-state index contributed by atoms with van der Waals surface area (Å²) in [6.07, 6.45) is 0.647. The van der Waals surface area contributed by atoms with Gasteiger partial charge < -0.3 is 14.6 Å². The maximum absolute atomic E-state index is 9.75. The fourth-order valence-electron chi connectivity index (χ4n) is 1.78. The fourth-order valence-corrected chi connectivity index (χ4v) is 1.78. The third-order valence-corrected chi connectivity index (χ3v) is 2.63. The van der Waals surface area contributed by atoms with Crippen molar-refractivity contribution in [3.63, 3.8) is 0 Å². The van der Waals surface area contributed by atoms with Gasteiger partial charge >= 0.3 is 0 Å². The molecule has 0 fully saturated rings. The minimum absolute atomic E-state index is 0.0178. The van der Waals surface area contributed by atoms with E-state index in [1.807, 2.05) is 30.3 Å². The Morgan fingerprint density at radius 1 is 1.06 bits per heavy atom. The smallest absolute Gasteiger partial charge is 0.259 e. The Morgan fingerprint density at radius 2 is 1.72 bits per heavy atom. The highest BCUT2D eigenvalue weighted by Gasteiger charge is 2.12. The van der Waals surface area contributed by atoms with Crippen LogP contribution < -0.4 is 9.47 Å². The first-order valence-electron chi connectivity index (χ1n) is 5.59. The molecule has 0 spiro atoms. The van der Waals surface area contributed by atoms with E-state index in [1.54, 1.807) is 13.2 Å². The van der Waals surface area contributed by atoms with E-state index in [1.165, 1.54) is 7.11 Å². The predicted molar refractivity (Wildman–Crippen MR) is 68.3 cm³/mol. The molecular weight excluding hydrogens is 230 g/mol. The number of methoxy groups -OCH3 is 2. The summed E-state index contributed by atoms with van der Waals surface area (Å²) in [5, 5.41) is 9.75. The molecule has 0 atom stereocenters. The molecule has 1 aromatic heterocycles. The Balaban J connectivity index is 2.35. The van der Waals surface area contributed by atoms with Crippen molar-refractivity contribution in [2.45, 2.75) is 6.42 Å². The molecule has 1 N–H and O–H groups in total. The molecule has 18 heavy (non-hydrogen) atoms. The molecule has 0 saturated carbocycles. The number of aromatic nitrogens is 1. The minimum atomic E-state index is 0.0178. The van der Waals surface area contributed by atoms with Crippen LogP contribution in [-0.2, 0) is 6.42 Å². The second kappa shape index (κ2) is 5.40. The molecule has 2 aromatic rings. The van der Waals surface area contributed by atoms with Crippen LogP contribution in [0.4, 0.5) is 0 Å². The largest absolute Gasteiger partial charge is 0.503 e. The Labute approximate surface area is 106 Å². The van der Waals surface area contributed by atoms with E-state index in [9.17, 15) is 5.11 Å². The first-order valence-corrected chi connectivity index (χ1v) is 5.59. The number of pyridine rings is 1. The molecule has 94 valence electrons. The van der Waals surface area contributed by atoms with Gasteiger partial charge in [-0.15, -0.1) is 0 Å². The zero-order valence-corrected chi connectivity index (χ0v) is 10.4. The van der Waals surface area contributed by atoms with E-state index >= 15 is 0 Å². The average molecular weight is 245 g/mol. The van der Waals surface area contributed by atoms with Crippen LogP contribution in [0.5, 0.6) is 17.5 Å². The molecule has 0 aliphatic rings. The maximum atomic E-state index is 9.75. The van der Waals surface area contributed by atoms with Crippen LogP contribution >= 0.6 is 0 Å². The van der Waals surface area contributed by atoms with Crippen molar-refractivity contribution < 1.29 is 14.6 Å². The highest BCUT2D eigenvalue weighted by atomic mass is 16.5. The Morgan fingerprint density at radius 3 is 2.33 bits per heavy atom. The van der Waals surface area contributed by atoms with E-state index in [-0.39, 0.29) is 11.6 Å². The normalized spacial score (nSPS) is 10.1. The zero-order valence-electron chi connectivity index (χ0n) is 10.4. The van der Waals surface area contributed by atoms with Crippen LogP contribution in [0.1, 0.15) is 11.1 Å². The standard InChI is InChI=1S/C14H15NO3/c1-17-13-11(8-10-6-4-3-5-7-10)9-12(16)14(15-13)18-2/h3-7,9,16H,8H2,1-2H3. The maximum Gasteiger partial charge on any atom is 0.259 e. The average Bonchev–Trinajstić information content (AvgIpc) is 2.40. The number of nitrogens with zero attached hydrogens (tertiary/aromatic N) is 1. The van der Waals surface area contributed by atoms with Crippen molar-refractivity contribution in [1.82, 2.24) is 4.98 Å². The Hall–Kier alpha value is -2.23. The summed E-state index contributed by atoms with van der Waals surface area (Å²) in [5.74, 6) is 0.654. The topological polar surface area (TPSA) is 51.6 Å². The van der Waals surface area contributed by atoms with E-state index in [2.05, 4.69) is 4.98 Å². The van der Waals surface area contributed by atoms with Crippen LogP contribution in [0, 0.1) is 0 Å². The lowest BCUT2D eigenvalue weighted by molar-refractivity contribution is 0.337. The molecule has 1 heterocycles. The lowest BCUT2D eigenvalue weighted by Crippen LogP contribution is -1.99. The molecule has 0 amide bonds. The van der Waals surface area contributed by atoms with Crippen molar-refractivity contribution in [1.29, 1.82) is 0 Å².